The van der Waals surface area contributed by atoms with Gasteiger partial charge in [0.15, 0.2) is 0 Å². The largest absolute Gasteiger partial charge is 0.490 e. The molecule has 0 radical (unpaired) electrons. The number of halogens is 1. The Labute approximate surface area is 215 Å². The number of aryl methyl sites for hydroxylation is 1. The van der Waals surface area contributed by atoms with Crippen molar-refractivity contribution in [3.63, 3.8) is 0 Å². The maximum Gasteiger partial charge on any atom is 0.262 e. The van der Waals surface area contributed by atoms with Gasteiger partial charge in [-0.1, -0.05) is 42.4 Å². The number of amides is 1. The lowest BCUT2D eigenvalue weighted by atomic mass is 10.1. The number of nitrogens with zero attached hydrogens (tertiary/aromatic N) is 1. The summed E-state index contributed by atoms with van der Waals surface area (Å²) in [6, 6.07) is 15.3. The minimum atomic E-state index is -0.550. The fourth-order valence-corrected chi connectivity index (χ4v) is 5.38. The number of carbonyl (C=O) groups excluding carboxylic acids is 1. The molecular weight excluding hydrogens is 482 g/mol. The summed E-state index contributed by atoms with van der Waals surface area (Å²) in [5.41, 5.74) is 8.49. The number of piperidine rings is 1. The van der Waals surface area contributed by atoms with Gasteiger partial charge in [-0.05, 0) is 57.5 Å². The number of rotatable bonds is 9. The Balaban J connectivity index is 1.63. The third-order valence-corrected chi connectivity index (χ3v) is 7.48. The summed E-state index contributed by atoms with van der Waals surface area (Å²) in [7, 11) is 0. The van der Waals surface area contributed by atoms with Crippen molar-refractivity contribution in [2.75, 3.05) is 18.0 Å². The molecule has 35 heavy (non-hydrogen) atoms. The van der Waals surface area contributed by atoms with E-state index in [1.54, 1.807) is 6.20 Å². The monoisotopic (exact) mass is 511 g/mol. The van der Waals surface area contributed by atoms with Gasteiger partial charge in [0, 0.05) is 28.9 Å². The maximum absolute atomic E-state index is 12.3. The van der Waals surface area contributed by atoms with E-state index in [1.807, 2.05) is 67.3 Å². The van der Waals surface area contributed by atoms with E-state index >= 15 is 0 Å². The molecule has 0 saturated carbocycles. The number of anilines is 2. The van der Waals surface area contributed by atoms with Crippen molar-refractivity contribution in [3.05, 3.63) is 82.3 Å². The molecule has 2 aromatic carbocycles. The quantitative estimate of drug-likeness (QED) is 0.349. The molecule has 1 aromatic heterocycles. The van der Waals surface area contributed by atoms with E-state index in [-0.39, 0.29) is 12.2 Å². The third-order valence-electron chi connectivity index (χ3n) is 6.00. The Morgan fingerprint density at radius 3 is 2.69 bits per heavy atom. The van der Waals surface area contributed by atoms with Crippen LogP contribution in [0.25, 0.3) is 0 Å². The predicted molar refractivity (Wildman–Crippen MR) is 143 cm³/mol. The van der Waals surface area contributed by atoms with Crippen molar-refractivity contribution >= 4 is 39.5 Å². The van der Waals surface area contributed by atoms with Gasteiger partial charge in [0.25, 0.3) is 5.91 Å². The van der Waals surface area contributed by atoms with Gasteiger partial charge < -0.3 is 25.4 Å². The molecule has 3 N–H and O–H groups in total. The van der Waals surface area contributed by atoms with Crippen LogP contribution in [0.3, 0.4) is 0 Å². The summed E-state index contributed by atoms with van der Waals surface area (Å²) in [6.07, 6.45) is 3.49. The summed E-state index contributed by atoms with van der Waals surface area (Å²) in [4.78, 5) is 14.5. The average Bonchev–Trinajstić information content (AvgIpc) is 3.26. The number of primary amides is 1. The first-order chi connectivity index (χ1) is 16.9. The highest BCUT2D eigenvalue weighted by molar-refractivity contribution is 7.18. The fourth-order valence-electron chi connectivity index (χ4n) is 4.13. The van der Waals surface area contributed by atoms with Gasteiger partial charge in [0.05, 0.1) is 5.69 Å². The lowest BCUT2D eigenvalue weighted by Crippen LogP contribution is -2.34. The van der Waals surface area contributed by atoms with E-state index < -0.39 is 5.91 Å². The van der Waals surface area contributed by atoms with Gasteiger partial charge in [-0.15, -0.1) is 11.3 Å². The van der Waals surface area contributed by atoms with Gasteiger partial charge in [0.1, 0.15) is 33.6 Å². The van der Waals surface area contributed by atoms with E-state index in [9.17, 15) is 4.79 Å². The highest BCUT2D eigenvalue weighted by Gasteiger charge is 2.23. The summed E-state index contributed by atoms with van der Waals surface area (Å²) < 4.78 is 12.4. The Morgan fingerprint density at radius 2 is 2.00 bits per heavy atom. The number of nitrogens with two attached hydrogens (primary N) is 1. The van der Waals surface area contributed by atoms with Crippen LogP contribution in [0.5, 0.6) is 11.5 Å². The second kappa shape index (κ2) is 11.2. The molecule has 3 aromatic rings. The van der Waals surface area contributed by atoms with Crippen LogP contribution in [0.2, 0.25) is 5.02 Å². The van der Waals surface area contributed by atoms with Crippen LogP contribution in [0.15, 0.2) is 61.3 Å². The van der Waals surface area contributed by atoms with E-state index in [2.05, 4.69) is 11.9 Å². The van der Waals surface area contributed by atoms with Crippen LogP contribution in [-0.4, -0.2) is 25.1 Å². The molecular formula is C27H30ClN3O3S. The molecule has 1 aliphatic rings. The molecule has 1 saturated heterocycles. The van der Waals surface area contributed by atoms with Crippen LogP contribution < -0.4 is 25.4 Å². The second-order valence-electron chi connectivity index (χ2n) is 8.49. The van der Waals surface area contributed by atoms with E-state index in [0.717, 1.165) is 53.5 Å². The van der Waals surface area contributed by atoms with Crippen LogP contribution in [-0.2, 0) is 0 Å². The Hall–Kier alpha value is -3.00. The number of nitrogens with one attached hydrogen (secondary N) is 1. The minimum Gasteiger partial charge on any atom is -0.490 e. The van der Waals surface area contributed by atoms with Gasteiger partial charge >= 0.3 is 0 Å². The van der Waals surface area contributed by atoms with Gasteiger partial charge in [0.2, 0.25) is 0 Å². The lowest BCUT2D eigenvalue weighted by Gasteiger charge is -2.26. The van der Waals surface area contributed by atoms with Crippen LogP contribution in [0.4, 0.5) is 10.7 Å². The fraction of sp³-hybridized carbons (Fsp3) is 0.296. The van der Waals surface area contributed by atoms with E-state index in [4.69, 9.17) is 26.8 Å². The first-order valence-electron chi connectivity index (χ1n) is 11.6. The molecule has 1 atom stereocenters. The molecule has 6 nitrogen and oxygen atoms in total. The lowest BCUT2D eigenvalue weighted by molar-refractivity contribution is 0.0998. The van der Waals surface area contributed by atoms with Gasteiger partial charge in [-0.2, -0.15) is 0 Å². The highest BCUT2D eigenvalue weighted by Crippen LogP contribution is 2.42. The maximum atomic E-state index is 12.3. The topological polar surface area (TPSA) is 76.8 Å². The highest BCUT2D eigenvalue weighted by atomic mass is 35.5. The van der Waals surface area contributed by atoms with Crippen molar-refractivity contribution < 1.29 is 14.3 Å². The second-order valence-corrected chi connectivity index (χ2v) is 9.93. The summed E-state index contributed by atoms with van der Waals surface area (Å²) in [5, 5.41) is 4.72. The molecule has 0 unspecified atom stereocenters. The molecule has 2 heterocycles. The molecule has 8 heteroatoms. The van der Waals surface area contributed by atoms with Crippen LogP contribution in [0, 0.1) is 6.92 Å². The Kier molecular flexibility index (Phi) is 8.00. The van der Waals surface area contributed by atoms with E-state index in [0.29, 0.717) is 15.6 Å². The normalized spacial score (nSPS) is 14.8. The van der Waals surface area contributed by atoms with Crippen molar-refractivity contribution in [1.82, 2.24) is 5.32 Å². The van der Waals surface area contributed by atoms with Crippen LogP contribution >= 0.6 is 22.9 Å². The SMILES string of the molecule is C=CN(c1cc(O[C@H](C)c2ccccc2Cl)c(C(N)=O)s1)c1cc(OC2CCNCC2)ccc1C. The first-order valence-corrected chi connectivity index (χ1v) is 12.8. The van der Waals surface area contributed by atoms with Crippen molar-refractivity contribution in [1.29, 1.82) is 0 Å². The number of hydrogen-bond acceptors (Lipinski definition) is 6. The zero-order valence-electron chi connectivity index (χ0n) is 19.9. The summed E-state index contributed by atoms with van der Waals surface area (Å²) >= 11 is 7.60. The Bertz CT molecular complexity index is 1210. The third kappa shape index (κ3) is 5.81. The number of ether oxygens (including phenoxy) is 2. The number of carbonyl (C=O) groups is 1. The zero-order chi connectivity index (χ0) is 24.9. The van der Waals surface area contributed by atoms with Gasteiger partial charge in [-0.3, -0.25) is 4.79 Å². The summed E-state index contributed by atoms with van der Waals surface area (Å²) in [6.45, 7) is 9.85. The number of thiophene rings is 1. The molecule has 0 aliphatic carbocycles. The Morgan fingerprint density at radius 1 is 1.26 bits per heavy atom. The van der Waals surface area contributed by atoms with E-state index in [1.165, 1.54) is 11.3 Å². The molecule has 1 amide bonds. The smallest absolute Gasteiger partial charge is 0.262 e. The van der Waals surface area contributed by atoms with Crippen molar-refractivity contribution in [3.8, 4) is 11.5 Å². The number of benzene rings is 2. The van der Waals surface area contributed by atoms with Gasteiger partial charge in [-0.25, -0.2) is 0 Å². The standard InChI is InChI=1S/C27H30ClN3O3S/c1-4-31(23-15-20(10-9-17(23)2)34-19-11-13-30-14-12-19)25-16-24(26(35-25)27(29)32)33-18(3)21-7-5-6-8-22(21)28/h4-10,15-16,18-19,30H,1,11-14H2,2-3H3,(H2,29,32)/t18-/m1/s1. The van der Waals surface area contributed by atoms with Crippen molar-refractivity contribution in [2.24, 2.45) is 5.73 Å². The summed E-state index contributed by atoms with van der Waals surface area (Å²) in [5.74, 6) is 0.669. The molecule has 184 valence electrons. The molecule has 1 fully saturated rings. The molecule has 0 spiro atoms. The average molecular weight is 512 g/mol. The molecule has 4 rings (SSSR count). The number of hydrogen-bond donors (Lipinski definition) is 2. The van der Waals surface area contributed by atoms with Crippen molar-refractivity contribution in [2.45, 2.75) is 38.9 Å². The predicted octanol–water partition coefficient (Wildman–Crippen LogP) is 6.36. The minimum absolute atomic E-state index is 0.193. The zero-order valence-corrected chi connectivity index (χ0v) is 21.5. The molecule has 0 bridgehead atoms. The molecule has 1 aliphatic heterocycles. The van der Waals surface area contributed by atoms with Crippen LogP contribution in [0.1, 0.15) is 46.7 Å². The first kappa shape index (κ1) is 25.1.